The minimum atomic E-state index is 0.928. The van der Waals surface area contributed by atoms with Gasteiger partial charge >= 0.3 is 0 Å². The molecule has 0 spiro atoms. The van der Waals surface area contributed by atoms with Crippen molar-refractivity contribution in [3.63, 3.8) is 0 Å². The second-order valence-corrected chi connectivity index (χ2v) is 2.91. The summed E-state index contributed by atoms with van der Waals surface area (Å²) >= 11 is 0. The monoisotopic (exact) mass is 165 g/mol. The Balaban J connectivity index is 3.92. The van der Waals surface area contributed by atoms with E-state index in [1.807, 2.05) is 12.2 Å². The first-order chi connectivity index (χ1) is 5.74. The van der Waals surface area contributed by atoms with Crippen molar-refractivity contribution in [3.05, 3.63) is 37.0 Å². The molecule has 12 heavy (non-hydrogen) atoms. The van der Waals surface area contributed by atoms with Gasteiger partial charge in [-0.1, -0.05) is 23.8 Å². The Morgan fingerprint density at radius 3 is 2.08 bits per heavy atom. The van der Waals surface area contributed by atoms with E-state index in [1.165, 1.54) is 5.57 Å². The third-order valence-corrected chi connectivity index (χ3v) is 1.74. The van der Waals surface area contributed by atoms with E-state index in [0.717, 1.165) is 19.6 Å². The summed E-state index contributed by atoms with van der Waals surface area (Å²) in [4.78, 5) is 2.29. The van der Waals surface area contributed by atoms with Gasteiger partial charge < -0.3 is 0 Å². The highest BCUT2D eigenvalue weighted by Crippen LogP contribution is 1.98. The van der Waals surface area contributed by atoms with E-state index in [9.17, 15) is 0 Å². The summed E-state index contributed by atoms with van der Waals surface area (Å²) < 4.78 is 0. The van der Waals surface area contributed by atoms with Gasteiger partial charge in [0.05, 0.1) is 0 Å². The molecule has 0 fully saturated rings. The lowest BCUT2D eigenvalue weighted by Crippen LogP contribution is -2.25. The molecule has 0 bridgehead atoms. The minimum Gasteiger partial charge on any atom is -0.292 e. The van der Waals surface area contributed by atoms with E-state index < -0.39 is 0 Å². The molecule has 0 amide bonds. The van der Waals surface area contributed by atoms with Gasteiger partial charge in [0, 0.05) is 19.6 Å². The van der Waals surface area contributed by atoms with E-state index in [1.54, 1.807) is 0 Å². The van der Waals surface area contributed by atoms with Gasteiger partial charge in [-0.05, 0) is 13.8 Å². The lowest BCUT2D eigenvalue weighted by molar-refractivity contribution is 0.364. The molecule has 0 aliphatic carbocycles. The van der Waals surface area contributed by atoms with Gasteiger partial charge in [0.25, 0.3) is 0 Å². The summed E-state index contributed by atoms with van der Waals surface area (Å²) in [5.74, 6) is 0. The van der Waals surface area contributed by atoms with Crippen LogP contribution in [0.25, 0.3) is 0 Å². The van der Waals surface area contributed by atoms with Gasteiger partial charge in [-0.3, -0.25) is 4.90 Å². The van der Waals surface area contributed by atoms with Gasteiger partial charge in [-0.25, -0.2) is 0 Å². The molecule has 0 saturated carbocycles. The van der Waals surface area contributed by atoms with E-state index in [4.69, 9.17) is 0 Å². The predicted octanol–water partition coefficient (Wildman–Crippen LogP) is 2.63. The SMILES string of the molecule is C=CCN(CC=C)CC(C)=CC. The number of hydrogen-bond acceptors (Lipinski definition) is 1. The number of hydrogen-bond donors (Lipinski definition) is 0. The minimum absolute atomic E-state index is 0.928. The zero-order valence-electron chi connectivity index (χ0n) is 8.21. The Morgan fingerprint density at radius 2 is 1.75 bits per heavy atom. The Hall–Kier alpha value is -0.820. The Bertz CT molecular complexity index is 158. The fourth-order valence-electron chi connectivity index (χ4n) is 1.01. The van der Waals surface area contributed by atoms with E-state index in [-0.39, 0.29) is 0 Å². The molecule has 0 aliphatic heterocycles. The quantitative estimate of drug-likeness (QED) is 0.547. The van der Waals surface area contributed by atoms with Crippen LogP contribution in [-0.2, 0) is 0 Å². The summed E-state index contributed by atoms with van der Waals surface area (Å²) in [6.07, 6.45) is 5.98. The molecule has 0 heterocycles. The molecule has 0 rings (SSSR count). The maximum atomic E-state index is 3.72. The van der Waals surface area contributed by atoms with Crippen LogP contribution in [0.5, 0.6) is 0 Å². The molecule has 0 unspecified atom stereocenters. The maximum absolute atomic E-state index is 3.72. The predicted molar refractivity (Wildman–Crippen MR) is 56.3 cm³/mol. The van der Waals surface area contributed by atoms with Gasteiger partial charge in [-0.15, -0.1) is 13.2 Å². The first-order valence-corrected chi connectivity index (χ1v) is 4.30. The van der Waals surface area contributed by atoms with Crippen molar-refractivity contribution >= 4 is 0 Å². The molecule has 0 radical (unpaired) electrons. The van der Waals surface area contributed by atoms with Crippen molar-refractivity contribution in [1.29, 1.82) is 0 Å². The number of allylic oxidation sites excluding steroid dienone is 1. The van der Waals surface area contributed by atoms with Crippen molar-refractivity contribution < 1.29 is 0 Å². The van der Waals surface area contributed by atoms with Crippen LogP contribution >= 0.6 is 0 Å². The molecular weight excluding hydrogens is 146 g/mol. The molecule has 0 atom stereocenters. The normalized spacial score (nSPS) is 11.8. The first-order valence-electron chi connectivity index (χ1n) is 4.30. The summed E-state index contributed by atoms with van der Waals surface area (Å²) in [5, 5.41) is 0. The molecule has 0 aromatic carbocycles. The lowest BCUT2D eigenvalue weighted by atomic mass is 10.2. The van der Waals surface area contributed by atoms with Gasteiger partial charge in [0.1, 0.15) is 0 Å². The van der Waals surface area contributed by atoms with Crippen molar-refractivity contribution in [2.45, 2.75) is 13.8 Å². The topological polar surface area (TPSA) is 3.24 Å². The fourth-order valence-corrected chi connectivity index (χ4v) is 1.01. The highest BCUT2D eigenvalue weighted by molar-refractivity contribution is 5.00. The summed E-state index contributed by atoms with van der Waals surface area (Å²) in [6, 6.07) is 0. The van der Waals surface area contributed by atoms with Crippen LogP contribution in [0.4, 0.5) is 0 Å². The lowest BCUT2D eigenvalue weighted by Gasteiger charge is -2.18. The average Bonchev–Trinajstić information content (AvgIpc) is 2.05. The molecule has 0 saturated heterocycles. The smallest absolute Gasteiger partial charge is 0.0196 e. The van der Waals surface area contributed by atoms with Gasteiger partial charge in [0.15, 0.2) is 0 Å². The van der Waals surface area contributed by atoms with Gasteiger partial charge in [0.2, 0.25) is 0 Å². The van der Waals surface area contributed by atoms with Crippen LogP contribution in [0.15, 0.2) is 37.0 Å². The van der Waals surface area contributed by atoms with Crippen molar-refractivity contribution in [2.24, 2.45) is 0 Å². The molecular formula is C11H19N. The third kappa shape index (κ3) is 4.91. The van der Waals surface area contributed by atoms with E-state index >= 15 is 0 Å². The van der Waals surface area contributed by atoms with Crippen LogP contribution in [0.3, 0.4) is 0 Å². The standard InChI is InChI=1S/C11H19N/c1-5-8-12(9-6-2)10-11(4)7-3/h5-7H,1-2,8-10H2,3-4H3. The molecule has 0 aliphatic rings. The zero-order valence-corrected chi connectivity index (χ0v) is 8.21. The molecule has 0 aromatic rings. The first kappa shape index (κ1) is 11.2. The molecule has 1 heteroatoms. The van der Waals surface area contributed by atoms with Crippen LogP contribution in [0.2, 0.25) is 0 Å². The summed E-state index contributed by atoms with van der Waals surface area (Å²) in [5.41, 5.74) is 1.39. The second-order valence-electron chi connectivity index (χ2n) is 2.91. The number of rotatable bonds is 6. The van der Waals surface area contributed by atoms with Crippen LogP contribution < -0.4 is 0 Å². The van der Waals surface area contributed by atoms with Crippen molar-refractivity contribution in [3.8, 4) is 0 Å². The third-order valence-electron chi connectivity index (χ3n) is 1.74. The summed E-state index contributed by atoms with van der Waals surface area (Å²) in [7, 11) is 0. The number of nitrogens with zero attached hydrogens (tertiary/aromatic N) is 1. The Kier molecular flexibility index (Phi) is 6.39. The highest BCUT2D eigenvalue weighted by Gasteiger charge is 1.99. The van der Waals surface area contributed by atoms with E-state index in [2.05, 4.69) is 38.0 Å². The molecule has 0 aromatic heterocycles. The maximum Gasteiger partial charge on any atom is 0.0196 e. The van der Waals surface area contributed by atoms with E-state index in [0.29, 0.717) is 0 Å². The van der Waals surface area contributed by atoms with Crippen LogP contribution in [0, 0.1) is 0 Å². The highest BCUT2D eigenvalue weighted by atomic mass is 15.1. The molecule has 0 N–H and O–H groups in total. The van der Waals surface area contributed by atoms with Crippen molar-refractivity contribution in [2.75, 3.05) is 19.6 Å². The zero-order chi connectivity index (χ0) is 9.40. The van der Waals surface area contributed by atoms with Crippen molar-refractivity contribution in [1.82, 2.24) is 4.90 Å². The van der Waals surface area contributed by atoms with Crippen LogP contribution in [-0.4, -0.2) is 24.5 Å². The van der Waals surface area contributed by atoms with Crippen LogP contribution in [0.1, 0.15) is 13.8 Å². The average molecular weight is 165 g/mol. The molecule has 1 nitrogen and oxygen atoms in total. The molecule has 68 valence electrons. The Labute approximate surface area is 76.1 Å². The Morgan fingerprint density at radius 1 is 1.25 bits per heavy atom. The second kappa shape index (κ2) is 6.86. The largest absolute Gasteiger partial charge is 0.292 e. The van der Waals surface area contributed by atoms with Gasteiger partial charge in [-0.2, -0.15) is 0 Å². The fraction of sp³-hybridized carbons (Fsp3) is 0.455. The summed E-state index contributed by atoms with van der Waals surface area (Å²) in [6.45, 7) is 14.5.